The van der Waals surface area contributed by atoms with E-state index in [1.54, 1.807) is 6.07 Å². The van der Waals surface area contributed by atoms with E-state index in [2.05, 4.69) is 27.8 Å². The molecule has 1 atom stereocenters. The number of imide groups is 1. The van der Waals surface area contributed by atoms with Gasteiger partial charge in [0.2, 0.25) is 18.7 Å². The molecule has 0 radical (unpaired) electrons. The highest BCUT2D eigenvalue weighted by atomic mass is 16.2. The minimum Gasteiger partial charge on any atom is -0.356 e. The summed E-state index contributed by atoms with van der Waals surface area (Å²) >= 11 is 0. The van der Waals surface area contributed by atoms with Crippen LogP contribution in [-0.2, 0) is 20.9 Å². The second-order valence-electron chi connectivity index (χ2n) is 8.72. The number of nitrogens with one attached hydrogen (secondary N) is 3. The van der Waals surface area contributed by atoms with Crippen LogP contribution in [0.25, 0.3) is 0 Å². The van der Waals surface area contributed by atoms with Gasteiger partial charge in [0.05, 0.1) is 6.04 Å². The van der Waals surface area contributed by atoms with Crippen molar-refractivity contribution in [1.82, 2.24) is 20.9 Å². The fourth-order valence-electron chi connectivity index (χ4n) is 4.36. The van der Waals surface area contributed by atoms with Crippen LogP contribution in [-0.4, -0.2) is 61.6 Å². The molecule has 2 rings (SSSR count). The van der Waals surface area contributed by atoms with Gasteiger partial charge in [-0.3, -0.25) is 29.4 Å². The first-order valence-electron chi connectivity index (χ1n) is 12.0. The predicted octanol–water partition coefficient (Wildman–Crippen LogP) is 1.76. The first-order valence-corrected chi connectivity index (χ1v) is 12.0. The van der Waals surface area contributed by atoms with Crippen LogP contribution in [0.1, 0.15) is 73.4 Å². The summed E-state index contributed by atoms with van der Waals surface area (Å²) in [5, 5.41) is 8.63. The Balaban J connectivity index is 1.93. The molecule has 0 aromatic heterocycles. The molecule has 34 heavy (non-hydrogen) atoms. The van der Waals surface area contributed by atoms with Crippen LogP contribution < -0.4 is 16.0 Å². The molecule has 0 saturated heterocycles. The largest absolute Gasteiger partial charge is 0.356 e. The fraction of sp³-hybridized carbons (Fsp3) is 0.538. The number of benzene rings is 1. The summed E-state index contributed by atoms with van der Waals surface area (Å²) in [7, 11) is 1.81. The van der Waals surface area contributed by atoms with E-state index in [4.69, 9.17) is 0 Å². The molecule has 184 valence electrons. The smallest absolute Gasteiger partial charge is 0.243 e. The topological polar surface area (TPSA) is 108 Å². The van der Waals surface area contributed by atoms with Gasteiger partial charge < -0.3 is 10.6 Å². The van der Waals surface area contributed by atoms with Gasteiger partial charge in [0.15, 0.2) is 0 Å². The third kappa shape index (κ3) is 8.73. The Morgan fingerprint density at radius 2 is 1.88 bits per heavy atom. The molecule has 1 fully saturated rings. The summed E-state index contributed by atoms with van der Waals surface area (Å²) in [6.45, 7) is 3.17. The third-order valence-electron chi connectivity index (χ3n) is 6.23. The summed E-state index contributed by atoms with van der Waals surface area (Å²) in [5.74, 6) is 6.02. The second-order valence-corrected chi connectivity index (χ2v) is 8.72. The number of rotatable bonds is 13. The summed E-state index contributed by atoms with van der Waals surface area (Å²) < 4.78 is 0. The zero-order valence-electron chi connectivity index (χ0n) is 20.1. The molecule has 3 amide bonds. The van der Waals surface area contributed by atoms with Gasteiger partial charge in [-0.15, -0.1) is 0 Å². The minimum atomic E-state index is -0.459. The van der Waals surface area contributed by atoms with Crippen molar-refractivity contribution in [1.29, 1.82) is 0 Å². The molecule has 0 bridgehead atoms. The number of hydrogen-bond acceptors (Lipinski definition) is 6. The lowest BCUT2D eigenvalue weighted by Gasteiger charge is -2.28. The van der Waals surface area contributed by atoms with Crippen molar-refractivity contribution in [2.45, 2.75) is 76.5 Å². The third-order valence-corrected chi connectivity index (χ3v) is 6.23. The van der Waals surface area contributed by atoms with Crippen molar-refractivity contribution in [2.24, 2.45) is 0 Å². The second kappa shape index (κ2) is 15.0. The molecule has 8 heteroatoms. The number of aldehydes is 1. The lowest BCUT2D eigenvalue weighted by atomic mass is 9.91. The van der Waals surface area contributed by atoms with E-state index >= 15 is 0 Å². The van der Waals surface area contributed by atoms with Crippen LogP contribution in [0.3, 0.4) is 0 Å². The maximum absolute atomic E-state index is 12.2. The van der Waals surface area contributed by atoms with Crippen molar-refractivity contribution in [3.05, 3.63) is 34.9 Å². The zero-order chi connectivity index (χ0) is 24.8. The molecule has 0 aliphatic heterocycles. The predicted molar refractivity (Wildman–Crippen MR) is 131 cm³/mol. The Kier molecular flexibility index (Phi) is 12.0. The van der Waals surface area contributed by atoms with Gasteiger partial charge >= 0.3 is 0 Å². The van der Waals surface area contributed by atoms with E-state index in [0.717, 1.165) is 62.5 Å². The van der Waals surface area contributed by atoms with Crippen molar-refractivity contribution in [3.63, 3.8) is 0 Å². The molecule has 1 aliphatic carbocycles. The summed E-state index contributed by atoms with van der Waals surface area (Å²) in [6, 6.07) is 5.78. The SMILES string of the molecule is CCCC(C(=O)NC=O)N(C)Cc1cc(C#CCCNC2CCC(NC=O)CC2)ccc1C=O. The average molecular weight is 469 g/mol. The van der Waals surface area contributed by atoms with Crippen LogP contribution in [0.4, 0.5) is 0 Å². The minimum absolute atomic E-state index is 0.301. The van der Waals surface area contributed by atoms with Crippen LogP contribution in [0.15, 0.2) is 18.2 Å². The number of amides is 3. The molecule has 0 spiro atoms. The fourth-order valence-corrected chi connectivity index (χ4v) is 4.36. The van der Waals surface area contributed by atoms with E-state index in [1.165, 1.54) is 0 Å². The number of carbonyl (C=O) groups is 4. The highest BCUT2D eigenvalue weighted by Gasteiger charge is 2.23. The van der Waals surface area contributed by atoms with Crippen LogP contribution in [0.5, 0.6) is 0 Å². The Hall–Kier alpha value is -3.02. The van der Waals surface area contributed by atoms with Gasteiger partial charge in [-0.25, -0.2) is 0 Å². The normalized spacial score (nSPS) is 18.3. The monoisotopic (exact) mass is 468 g/mol. The average Bonchev–Trinajstić information content (AvgIpc) is 2.83. The first kappa shape index (κ1) is 27.2. The van der Waals surface area contributed by atoms with Crippen LogP contribution >= 0.6 is 0 Å². The molecule has 1 aromatic carbocycles. The lowest BCUT2D eigenvalue weighted by Crippen LogP contribution is -2.44. The Morgan fingerprint density at radius 3 is 2.53 bits per heavy atom. The van der Waals surface area contributed by atoms with E-state index in [-0.39, 0.29) is 5.91 Å². The Morgan fingerprint density at radius 1 is 1.15 bits per heavy atom. The molecular weight excluding hydrogens is 432 g/mol. The van der Waals surface area contributed by atoms with E-state index < -0.39 is 6.04 Å². The van der Waals surface area contributed by atoms with Crippen molar-refractivity contribution >= 4 is 25.0 Å². The Bertz CT molecular complexity index is 885. The quantitative estimate of drug-likeness (QED) is 0.231. The maximum atomic E-state index is 12.2. The van der Waals surface area contributed by atoms with Gasteiger partial charge in [-0.2, -0.15) is 0 Å². The van der Waals surface area contributed by atoms with Gasteiger partial charge in [0.1, 0.15) is 6.29 Å². The Labute approximate surface area is 202 Å². The van der Waals surface area contributed by atoms with Gasteiger partial charge in [0.25, 0.3) is 0 Å². The van der Waals surface area contributed by atoms with E-state index in [0.29, 0.717) is 43.4 Å². The van der Waals surface area contributed by atoms with Crippen molar-refractivity contribution in [3.8, 4) is 11.8 Å². The lowest BCUT2D eigenvalue weighted by molar-refractivity contribution is -0.129. The number of likely N-dealkylation sites (N-methyl/N-ethyl adjacent to an activating group) is 1. The highest BCUT2D eigenvalue weighted by Crippen LogP contribution is 2.18. The van der Waals surface area contributed by atoms with Crippen LogP contribution in [0, 0.1) is 11.8 Å². The van der Waals surface area contributed by atoms with Crippen LogP contribution in [0.2, 0.25) is 0 Å². The summed E-state index contributed by atoms with van der Waals surface area (Å²) in [4.78, 5) is 46.9. The summed E-state index contributed by atoms with van der Waals surface area (Å²) in [6.07, 6.45) is 8.19. The summed E-state index contributed by atoms with van der Waals surface area (Å²) in [5.41, 5.74) is 2.17. The van der Waals surface area contributed by atoms with Crippen molar-refractivity contribution in [2.75, 3.05) is 13.6 Å². The number of carbonyl (C=O) groups excluding carboxylic acids is 4. The molecule has 1 unspecified atom stereocenters. The van der Waals surface area contributed by atoms with Gasteiger partial charge in [-0.05, 0) is 56.8 Å². The molecule has 0 heterocycles. The molecule has 1 aliphatic rings. The van der Waals surface area contributed by atoms with Gasteiger partial charge in [-0.1, -0.05) is 31.3 Å². The maximum Gasteiger partial charge on any atom is 0.243 e. The number of nitrogens with zero attached hydrogens (tertiary/aromatic N) is 1. The molecule has 3 N–H and O–H groups in total. The molecule has 1 aromatic rings. The molecule has 8 nitrogen and oxygen atoms in total. The molecular formula is C26H36N4O4. The number of hydrogen-bond donors (Lipinski definition) is 3. The van der Waals surface area contributed by atoms with Gasteiger partial charge in [0, 0.05) is 42.7 Å². The van der Waals surface area contributed by atoms with E-state index in [9.17, 15) is 19.2 Å². The van der Waals surface area contributed by atoms with Crippen molar-refractivity contribution < 1.29 is 19.2 Å². The standard InChI is InChI=1S/C26H36N4O4/c1-3-6-25(26(34)29-19-33)30(2)16-22-15-20(8-9-21(22)17-31)7-4-5-14-27-23-10-12-24(13-11-23)28-18-32/h8-9,15,17-19,23-25,27H,3,5-6,10-14,16H2,1-2H3,(H,28,32)(H,29,33,34). The molecule has 1 saturated carbocycles. The first-order chi connectivity index (χ1) is 16.5. The van der Waals surface area contributed by atoms with E-state index in [1.807, 2.05) is 31.0 Å². The highest BCUT2D eigenvalue weighted by molar-refractivity contribution is 5.90. The zero-order valence-corrected chi connectivity index (χ0v) is 20.1.